The number of para-hydroxylation sites is 1. The van der Waals surface area contributed by atoms with Crippen molar-refractivity contribution in [2.75, 3.05) is 12.1 Å². The first-order chi connectivity index (χ1) is 22.4. The Morgan fingerprint density at radius 1 is 0.761 bits per heavy atom. The van der Waals surface area contributed by atoms with E-state index in [-0.39, 0.29) is 10.8 Å². The highest BCUT2D eigenvalue weighted by Crippen LogP contribution is 2.51. The van der Waals surface area contributed by atoms with Gasteiger partial charge in [0, 0.05) is 5.56 Å². The number of anilines is 1. The molecule has 0 saturated carbocycles. The average molecular weight is 626 g/mol. The molecule has 0 N–H and O–H groups in total. The molecule has 5 aromatic carbocycles. The molecule has 0 bridgehead atoms. The summed E-state index contributed by atoms with van der Waals surface area (Å²) < 4.78 is 44.6. The Balaban J connectivity index is 1.53. The van der Waals surface area contributed by atoms with Gasteiger partial charge in [0.25, 0.3) is 10.0 Å². The van der Waals surface area contributed by atoms with E-state index in [0.717, 1.165) is 39.4 Å². The van der Waals surface area contributed by atoms with Crippen molar-refractivity contribution >= 4 is 33.1 Å². The number of ether oxygens (including phenoxy) is 2. The van der Waals surface area contributed by atoms with E-state index >= 15 is 0 Å². The molecule has 7 rings (SSSR count). The monoisotopic (exact) mass is 625 g/mol. The summed E-state index contributed by atoms with van der Waals surface area (Å²) in [5, 5.41) is 7.13. The second kappa shape index (κ2) is 11.8. The molecule has 0 saturated heterocycles. The first-order valence-electron chi connectivity index (χ1n) is 14.9. The molecule has 2 aliphatic heterocycles. The maximum Gasteiger partial charge on any atom is 0.285 e. The molecular weight excluding hydrogens is 595 g/mol. The van der Waals surface area contributed by atoms with Crippen molar-refractivity contribution in [3.05, 3.63) is 168 Å². The number of sulfonamides is 1. The molecule has 0 amide bonds. The van der Waals surface area contributed by atoms with Crippen LogP contribution in [0.25, 0.3) is 5.76 Å². The predicted octanol–water partition coefficient (Wildman–Crippen LogP) is 7.61. The van der Waals surface area contributed by atoms with Crippen molar-refractivity contribution < 1.29 is 17.9 Å². The lowest BCUT2D eigenvalue weighted by Gasteiger charge is -2.36. The number of aryl methyl sites for hydroxylation is 1. The van der Waals surface area contributed by atoms with E-state index in [4.69, 9.17) is 14.6 Å². The Labute approximate surface area is 268 Å². The highest BCUT2D eigenvalue weighted by atomic mass is 32.2. The van der Waals surface area contributed by atoms with Crippen LogP contribution in [0, 0.1) is 6.92 Å². The van der Waals surface area contributed by atoms with Crippen molar-refractivity contribution in [2.24, 2.45) is 9.50 Å². The summed E-state index contributed by atoms with van der Waals surface area (Å²) in [6.45, 7) is 1.91. The zero-order chi connectivity index (χ0) is 31.7. The molecule has 0 aromatic heterocycles. The first-order valence-corrected chi connectivity index (χ1v) is 16.3. The zero-order valence-corrected chi connectivity index (χ0v) is 26.1. The molecule has 2 unspecified atom stereocenters. The Bertz CT molecular complexity index is 2060. The number of nitrogens with zero attached hydrogens (tertiary/aromatic N) is 3. The van der Waals surface area contributed by atoms with Gasteiger partial charge in [0.15, 0.2) is 5.54 Å². The Morgan fingerprint density at radius 2 is 1.37 bits per heavy atom. The van der Waals surface area contributed by atoms with Crippen LogP contribution in [-0.2, 0) is 14.8 Å². The lowest BCUT2D eigenvalue weighted by molar-refractivity contribution is 0.415. The maximum atomic E-state index is 14.0. The number of benzene rings is 5. The Morgan fingerprint density at radius 3 is 2.00 bits per heavy atom. The highest BCUT2D eigenvalue weighted by Gasteiger charge is 2.60. The van der Waals surface area contributed by atoms with Crippen LogP contribution in [0.1, 0.15) is 28.2 Å². The van der Waals surface area contributed by atoms with Crippen molar-refractivity contribution in [2.45, 2.75) is 23.3 Å². The number of methoxy groups -OCH3 is 1. The van der Waals surface area contributed by atoms with E-state index < -0.39 is 21.5 Å². The minimum Gasteiger partial charge on any atom is -0.497 e. The van der Waals surface area contributed by atoms with Gasteiger partial charge < -0.3 is 9.47 Å². The van der Waals surface area contributed by atoms with Gasteiger partial charge in [0.1, 0.15) is 11.5 Å². The molecule has 2 aliphatic rings. The lowest BCUT2D eigenvalue weighted by Crippen LogP contribution is -2.51. The summed E-state index contributed by atoms with van der Waals surface area (Å²) >= 11 is 0. The zero-order valence-electron chi connectivity index (χ0n) is 25.3. The fourth-order valence-electron chi connectivity index (χ4n) is 6.01. The van der Waals surface area contributed by atoms with Crippen LogP contribution < -0.4 is 9.75 Å². The van der Waals surface area contributed by atoms with Crippen LogP contribution in [0.2, 0.25) is 0 Å². The van der Waals surface area contributed by atoms with Gasteiger partial charge in [-0.15, -0.1) is 4.40 Å². The van der Waals surface area contributed by atoms with Crippen LogP contribution >= 0.6 is 0 Å². The molecule has 2 atom stereocenters. The molecule has 5 aromatic rings. The Hall–Kier alpha value is -5.47. The molecular formula is C38H31N3O4S. The second-order valence-electron chi connectivity index (χ2n) is 11.2. The highest BCUT2D eigenvalue weighted by molar-refractivity contribution is 7.90. The molecule has 0 fully saturated rings. The van der Waals surface area contributed by atoms with Gasteiger partial charge in [-0.2, -0.15) is 13.5 Å². The average Bonchev–Trinajstić information content (AvgIpc) is 3.64. The van der Waals surface area contributed by atoms with Gasteiger partial charge in [-0.05, 0) is 72.7 Å². The SMILES string of the molecule is COc1ccc(C2=NN(c3ccccc3)C3(C=C(c4ccccc4)OC3=NS(=O)(=O)c3ccc(C)cc3)C2c2ccccc2)cc1. The fourth-order valence-corrected chi connectivity index (χ4v) is 6.99. The number of rotatable bonds is 7. The molecule has 0 radical (unpaired) electrons. The summed E-state index contributed by atoms with van der Waals surface area (Å²) in [6.07, 6.45) is 1.97. The normalized spacial score (nSPS) is 20.0. The van der Waals surface area contributed by atoms with Crippen LogP contribution in [-0.4, -0.2) is 32.7 Å². The van der Waals surface area contributed by atoms with Crippen molar-refractivity contribution in [1.82, 2.24) is 0 Å². The van der Waals surface area contributed by atoms with E-state index in [1.807, 2.05) is 133 Å². The molecule has 7 nitrogen and oxygen atoms in total. The van der Waals surface area contributed by atoms with Crippen LogP contribution in [0.15, 0.2) is 160 Å². The summed E-state index contributed by atoms with van der Waals surface area (Å²) in [4.78, 5) is 0.0781. The predicted molar refractivity (Wildman–Crippen MR) is 182 cm³/mol. The third-order valence-electron chi connectivity index (χ3n) is 8.27. The molecule has 46 heavy (non-hydrogen) atoms. The quantitative estimate of drug-likeness (QED) is 0.186. The molecule has 1 spiro atoms. The van der Waals surface area contributed by atoms with Gasteiger partial charge in [-0.25, -0.2) is 5.01 Å². The summed E-state index contributed by atoms with van der Waals surface area (Å²) in [7, 11) is -2.57. The van der Waals surface area contributed by atoms with Gasteiger partial charge in [0.2, 0.25) is 5.90 Å². The largest absolute Gasteiger partial charge is 0.497 e. The summed E-state index contributed by atoms with van der Waals surface area (Å²) in [6, 6.07) is 43.6. The third-order valence-corrected chi connectivity index (χ3v) is 9.55. The molecule has 228 valence electrons. The first kappa shape index (κ1) is 29.3. The van der Waals surface area contributed by atoms with Gasteiger partial charge in [-0.1, -0.05) is 96.6 Å². The Kier molecular flexibility index (Phi) is 7.50. The molecule has 0 aliphatic carbocycles. The standard InChI is InChI=1S/C38H31N3O4S/c1-27-18-24-33(25-19-27)46(42,43)40-37-38(26-34(45-37)28-12-6-3-7-13-28)35(29-14-8-4-9-15-29)36(30-20-22-32(44-2)23-21-30)39-41(38)31-16-10-5-11-17-31/h3-26,35H,1-2H3. The van der Waals surface area contributed by atoms with E-state index in [9.17, 15) is 8.42 Å². The van der Waals surface area contributed by atoms with E-state index in [1.54, 1.807) is 31.4 Å². The van der Waals surface area contributed by atoms with Crippen molar-refractivity contribution in [3.63, 3.8) is 0 Å². The molecule has 2 heterocycles. The minimum absolute atomic E-state index is 0.0110. The number of hydrazone groups is 1. The van der Waals surface area contributed by atoms with Gasteiger partial charge >= 0.3 is 0 Å². The van der Waals surface area contributed by atoms with Gasteiger partial charge in [0.05, 0.1) is 29.3 Å². The number of hydrogen-bond donors (Lipinski definition) is 0. The third kappa shape index (κ3) is 5.16. The topological polar surface area (TPSA) is 80.6 Å². The fraction of sp³-hybridized carbons (Fsp3) is 0.105. The van der Waals surface area contributed by atoms with Gasteiger partial charge in [-0.3, -0.25) is 0 Å². The van der Waals surface area contributed by atoms with Crippen LogP contribution in [0.4, 0.5) is 5.69 Å². The van der Waals surface area contributed by atoms with E-state index in [2.05, 4.69) is 4.40 Å². The van der Waals surface area contributed by atoms with Crippen molar-refractivity contribution in [3.8, 4) is 5.75 Å². The second-order valence-corrected chi connectivity index (χ2v) is 12.8. The smallest absolute Gasteiger partial charge is 0.285 e. The molecule has 8 heteroatoms. The lowest BCUT2D eigenvalue weighted by atomic mass is 9.75. The van der Waals surface area contributed by atoms with E-state index in [0.29, 0.717) is 5.76 Å². The van der Waals surface area contributed by atoms with Crippen molar-refractivity contribution in [1.29, 1.82) is 0 Å². The maximum absolute atomic E-state index is 14.0. The summed E-state index contributed by atoms with van der Waals surface area (Å²) in [5.41, 5.74) is 3.70. The van der Waals surface area contributed by atoms with E-state index in [1.165, 1.54) is 0 Å². The van der Waals surface area contributed by atoms with Crippen LogP contribution in [0.5, 0.6) is 5.75 Å². The number of hydrogen-bond acceptors (Lipinski definition) is 6. The minimum atomic E-state index is -4.20. The summed E-state index contributed by atoms with van der Waals surface area (Å²) in [5.74, 6) is 0.703. The van der Waals surface area contributed by atoms with Crippen LogP contribution in [0.3, 0.4) is 0 Å².